The smallest absolute Gasteiger partial charge is 0.406 e. The number of carboxylic acid groups (broad SMARTS) is 1. The molecule has 0 saturated carbocycles. The van der Waals surface area contributed by atoms with Gasteiger partial charge >= 0.3 is 12.1 Å². The van der Waals surface area contributed by atoms with Gasteiger partial charge in [-0.05, 0) is 12.8 Å². The summed E-state index contributed by atoms with van der Waals surface area (Å²) in [6.07, 6.45) is -2.13. The van der Waals surface area contributed by atoms with Gasteiger partial charge in [-0.15, -0.1) is 0 Å². The minimum atomic E-state index is -4.59. The molecule has 0 bridgehead atoms. The summed E-state index contributed by atoms with van der Waals surface area (Å²) >= 11 is 0. The lowest BCUT2D eigenvalue weighted by atomic mass is 9.97. The summed E-state index contributed by atoms with van der Waals surface area (Å²) in [5.41, 5.74) is 0. The highest BCUT2D eigenvalue weighted by Crippen LogP contribution is 2.21. The van der Waals surface area contributed by atoms with Crippen molar-refractivity contribution >= 4 is 11.9 Å². The van der Waals surface area contributed by atoms with Crippen molar-refractivity contribution in [2.24, 2.45) is 5.92 Å². The molecule has 7 heteroatoms. The molecule has 0 spiro atoms. The van der Waals surface area contributed by atoms with Crippen LogP contribution >= 0.6 is 0 Å². The monoisotopic (exact) mass is 283 g/mol. The fourth-order valence-corrected chi connectivity index (χ4v) is 1.80. The Bertz CT molecular complexity index is 305. The van der Waals surface area contributed by atoms with Crippen molar-refractivity contribution in [1.29, 1.82) is 0 Å². The highest BCUT2D eigenvalue weighted by atomic mass is 19.4. The SMILES string of the molecule is CCCCC(CC)C(=O)N(CC(=O)O)CC(F)(F)F. The molecule has 0 aliphatic carbocycles. The molecule has 0 aromatic rings. The van der Waals surface area contributed by atoms with Crippen LogP contribution < -0.4 is 0 Å². The molecule has 1 amide bonds. The summed E-state index contributed by atoms with van der Waals surface area (Å²) in [7, 11) is 0. The van der Waals surface area contributed by atoms with Crippen LogP contribution in [0.15, 0.2) is 0 Å². The number of rotatable bonds is 8. The molecule has 0 heterocycles. The van der Waals surface area contributed by atoms with E-state index in [1.165, 1.54) is 0 Å². The van der Waals surface area contributed by atoms with Gasteiger partial charge in [0, 0.05) is 5.92 Å². The molecule has 1 unspecified atom stereocenters. The number of hydrogen-bond donors (Lipinski definition) is 1. The quantitative estimate of drug-likeness (QED) is 0.745. The number of aliphatic carboxylic acids is 1. The molecular weight excluding hydrogens is 263 g/mol. The van der Waals surface area contributed by atoms with Crippen molar-refractivity contribution in [1.82, 2.24) is 4.90 Å². The molecular formula is C12H20F3NO3. The van der Waals surface area contributed by atoms with Gasteiger partial charge in [-0.3, -0.25) is 9.59 Å². The van der Waals surface area contributed by atoms with Crippen LogP contribution in [0.25, 0.3) is 0 Å². The molecule has 0 aromatic carbocycles. The Balaban J connectivity index is 4.80. The maximum atomic E-state index is 12.3. The van der Waals surface area contributed by atoms with Crippen LogP contribution in [0.1, 0.15) is 39.5 Å². The van der Waals surface area contributed by atoms with Crippen LogP contribution in [-0.2, 0) is 9.59 Å². The summed E-state index contributed by atoms with van der Waals surface area (Å²) in [5.74, 6) is -2.71. The van der Waals surface area contributed by atoms with Gasteiger partial charge in [0.15, 0.2) is 0 Å². The standard InChI is InChI=1S/C12H20F3NO3/c1-3-5-6-9(4-2)11(19)16(7-10(17)18)8-12(13,14)15/h9H,3-8H2,1-2H3,(H,17,18). The number of halogens is 3. The van der Waals surface area contributed by atoms with Gasteiger partial charge in [0.2, 0.25) is 5.91 Å². The molecule has 4 nitrogen and oxygen atoms in total. The van der Waals surface area contributed by atoms with E-state index >= 15 is 0 Å². The molecule has 0 aliphatic rings. The largest absolute Gasteiger partial charge is 0.480 e. The number of alkyl halides is 3. The molecule has 1 N–H and O–H groups in total. The second kappa shape index (κ2) is 8.01. The fourth-order valence-electron chi connectivity index (χ4n) is 1.80. The summed E-state index contributed by atoms with van der Waals surface area (Å²) in [4.78, 5) is 22.9. The number of carbonyl (C=O) groups is 2. The highest BCUT2D eigenvalue weighted by Gasteiger charge is 2.35. The summed E-state index contributed by atoms with van der Waals surface area (Å²) in [5, 5.41) is 8.60. The van der Waals surface area contributed by atoms with Crippen LogP contribution in [0.5, 0.6) is 0 Å². The Morgan fingerprint density at radius 3 is 2.21 bits per heavy atom. The maximum Gasteiger partial charge on any atom is 0.406 e. The normalized spacial score (nSPS) is 13.1. The van der Waals surface area contributed by atoms with Crippen LogP contribution in [0.4, 0.5) is 13.2 Å². The fraction of sp³-hybridized carbons (Fsp3) is 0.833. The van der Waals surface area contributed by atoms with Crippen molar-refractivity contribution in [2.75, 3.05) is 13.1 Å². The van der Waals surface area contributed by atoms with Crippen molar-refractivity contribution in [3.8, 4) is 0 Å². The summed E-state index contributed by atoms with van der Waals surface area (Å²) in [6.45, 7) is 1.20. The third-order valence-electron chi connectivity index (χ3n) is 2.76. The number of nitrogens with zero attached hydrogens (tertiary/aromatic N) is 1. The van der Waals surface area contributed by atoms with Gasteiger partial charge in [0.1, 0.15) is 13.1 Å². The number of hydrogen-bond acceptors (Lipinski definition) is 2. The molecule has 0 radical (unpaired) electrons. The third-order valence-corrected chi connectivity index (χ3v) is 2.76. The molecule has 19 heavy (non-hydrogen) atoms. The molecule has 0 fully saturated rings. The molecule has 0 saturated heterocycles. The molecule has 0 aliphatic heterocycles. The van der Waals surface area contributed by atoms with E-state index in [1.807, 2.05) is 6.92 Å². The van der Waals surface area contributed by atoms with E-state index in [2.05, 4.69) is 0 Å². The van der Waals surface area contributed by atoms with E-state index in [9.17, 15) is 22.8 Å². The zero-order chi connectivity index (χ0) is 15.1. The Morgan fingerprint density at radius 2 is 1.84 bits per heavy atom. The minimum absolute atomic E-state index is 0.381. The zero-order valence-corrected chi connectivity index (χ0v) is 11.2. The van der Waals surface area contributed by atoms with Crippen LogP contribution in [0.2, 0.25) is 0 Å². The van der Waals surface area contributed by atoms with Crippen molar-refractivity contribution < 1.29 is 27.9 Å². The average molecular weight is 283 g/mol. The number of amides is 1. The van der Waals surface area contributed by atoms with E-state index in [-0.39, 0.29) is 0 Å². The lowest BCUT2D eigenvalue weighted by Crippen LogP contribution is -2.44. The first kappa shape index (κ1) is 17.7. The molecule has 0 aromatic heterocycles. The Hall–Kier alpha value is -1.27. The van der Waals surface area contributed by atoms with E-state index in [0.29, 0.717) is 17.7 Å². The maximum absolute atomic E-state index is 12.3. The lowest BCUT2D eigenvalue weighted by Gasteiger charge is -2.26. The highest BCUT2D eigenvalue weighted by molar-refractivity contribution is 5.83. The minimum Gasteiger partial charge on any atom is -0.480 e. The van der Waals surface area contributed by atoms with Crippen LogP contribution in [-0.4, -0.2) is 41.1 Å². The van der Waals surface area contributed by atoms with Gasteiger partial charge < -0.3 is 10.0 Å². The third kappa shape index (κ3) is 7.69. The molecule has 0 rings (SSSR count). The van der Waals surface area contributed by atoms with Crippen LogP contribution in [0.3, 0.4) is 0 Å². The van der Waals surface area contributed by atoms with Crippen molar-refractivity contribution in [2.45, 2.75) is 45.7 Å². The van der Waals surface area contributed by atoms with Gasteiger partial charge in [-0.2, -0.15) is 13.2 Å². The first-order valence-electron chi connectivity index (χ1n) is 6.28. The second-order valence-corrected chi connectivity index (χ2v) is 4.45. The van der Waals surface area contributed by atoms with Crippen LogP contribution in [0, 0.1) is 5.92 Å². The molecule has 1 atom stereocenters. The molecule has 112 valence electrons. The Kier molecular flexibility index (Phi) is 7.48. The van der Waals surface area contributed by atoms with E-state index in [1.54, 1.807) is 6.92 Å². The second-order valence-electron chi connectivity index (χ2n) is 4.45. The first-order chi connectivity index (χ1) is 8.71. The van der Waals surface area contributed by atoms with E-state index in [0.717, 1.165) is 12.8 Å². The number of carbonyl (C=O) groups excluding carboxylic acids is 1. The predicted molar refractivity (Wildman–Crippen MR) is 63.6 cm³/mol. The Labute approximate surface area is 110 Å². The number of unbranched alkanes of at least 4 members (excludes halogenated alkanes) is 1. The van der Waals surface area contributed by atoms with Crippen molar-refractivity contribution in [3.63, 3.8) is 0 Å². The lowest BCUT2D eigenvalue weighted by molar-refractivity contribution is -0.168. The van der Waals surface area contributed by atoms with Gasteiger partial charge in [-0.1, -0.05) is 26.7 Å². The van der Waals surface area contributed by atoms with Gasteiger partial charge in [0.25, 0.3) is 0 Å². The summed E-state index contributed by atoms with van der Waals surface area (Å²) in [6, 6.07) is 0. The van der Waals surface area contributed by atoms with E-state index in [4.69, 9.17) is 5.11 Å². The predicted octanol–water partition coefficient (Wildman–Crippen LogP) is 2.68. The first-order valence-corrected chi connectivity index (χ1v) is 6.28. The zero-order valence-electron chi connectivity index (χ0n) is 11.2. The topological polar surface area (TPSA) is 57.6 Å². The van der Waals surface area contributed by atoms with E-state index < -0.39 is 37.1 Å². The number of carboxylic acids is 1. The van der Waals surface area contributed by atoms with Crippen molar-refractivity contribution in [3.05, 3.63) is 0 Å². The summed E-state index contributed by atoms with van der Waals surface area (Å²) < 4.78 is 37.0. The van der Waals surface area contributed by atoms with Gasteiger partial charge in [-0.25, -0.2) is 0 Å². The average Bonchev–Trinajstić information content (AvgIpc) is 2.26. The Morgan fingerprint density at radius 1 is 1.26 bits per heavy atom. The van der Waals surface area contributed by atoms with Gasteiger partial charge in [0.05, 0.1) is 0 Å².